The summed E-state index contributed by atoms with van der Waals surface area (Å²) in [6.07, 6.45) is 0. The molecule has 0 aliphatic rings. The molecule has 2 aromatic carbocycles. The van der Waals surface area contributed by atoms with E-state index in [1.54, 1.807) is 12.1 Å². The van der Waals surface area contributed by atoms with Gasteiger partial charge < -0.3 is 11.1 Å². The molecule has 3 N–H and O–H groups in total. The van der Waals surface area contributed by atoms with Crippen molar-refractivity contribution >= 4 is 50.3 Å². The van der Waals surface area contributed by atoms with E-state index in [2.05, 4.69) is 21.2 Å². The van der Waals surface area contributed by atoms with Crippen LogP contribution in [0.15, 0.2) is 34.8 Å². The van der Waals surface area contributed by atoms with Crippen molar-refractivity contribution in [3.63, 3.8) is 0 Å². The zero-order valence-electron chi connectivity index (χ0n) is 9.86. The molecular weight excluding hydrogens is 353 g/mol. The summed E-state index contributed by atoms with van der Waals surface area (Å²) in [5.41, 5.74) is 6.11. The fraction of sp³-hybridized carbons (Fsp3) is 0. The summed E-state index contributed by atoms with van der Waals surface area (Å²) in [5.74, 6) is -0.627. The molecule has 0 spiro atoms. The summed E-state index contributed by atoms with van der Waals surface area (Å²) in [5, 5.41) is 14.0. The average Bonchev–Trinajstić information content (AvgIpc) is 2.37. The molecule has 0 atom stereocenters. The second kappa shape index (κ2) is 5.64. The molecule has 0 aromatic heterocycles. The van der Waals surface area contributed by atoms with E-state index in [0.29, 0.717) is 16.4 Å². The highest BCUT2D eigenvalue weighted by molar-refractivity contribution is 9.10. The van der Waals surface area contributed by atoms with Crippen molar-refractivity contribution in [3.05, 3.63) is 55.8 Å². The molecule has 20 heavy (non-hydrogen) atoms. The van der Waals surface area contributed by atoms with E-state index in [1.165, 1.54) is 6.07 Å². The summed E-state index contributed by atoms with van der Waals surface area (Å²) in [6.45, 7) is 0. The van der Waals surface area contributed by atoms with Crippen LogP contribution in [0.5, 0.6) is 0 Å². The highest BCUT2D eigenvalue weighted by Crippen LogP contribution is 2.35. The molecule has 8 heteroatoms. The Bertz CT molecular complexity index is 697. The van der Waals surface area contributed by atoms with Gasteiger partial charge in [0.2, 0.25) is 0 Å². The molecule has 0 aliphatic heterocycles. The standard InChI is InChI=1S/C12H8BrClFN3O2/c13-7-4-12(18(19)20)11(5-9(7)15)17-10-3-6(16)1-2-8(10)14/h1-5,17H,16H2. The maximum atomic E-state index is 13.5. The molecule has 0 saturated carbocycles. The van der Waals surface area contributed by atoms with Gasteiger partial charge in [-0.1, -0.05) is 11.6 Å². The Morgan fingerprint density at radius 3 is 2.65 bits per heavy atom. The number of rotatable bonds is 3. The van der Waals surface area contributed by atoms with Crippen molar-refractivity contribution in [1.82, 2.24) is 0 Å². The van der Waals surface area contributed by atoms with Crippen LogP contribution < -0.4 is 11.1 Å². The lowest BCUT2D eigenvalue weighted by Crippen LogP contribution is -1.99. The minimum atomic E-state index is -0.627. The molecule has 0 amide bonds. The zero-order chi connectivity index (χ0) is 14.9. The fourth-order valence-electron chi connectivity index (χ4n) is 1.57. The highest BCUT2D eigenvalue weighted by atomic mass is 79.9. The molecule has 0 radical (unpaired) electrons. The number of nitrogen functional groups attached to an aromatic ring is 1. The summed E-state index contributed by atoms with van der Waals surface area (Å²) in [4.78, 5) is 10.4. The van der Waals surface area contributed by atoms with Crippen LogP contribution in [0.1, 0.15) is 0 Å². The summed E-state index contributed by atoms with van der Waals surface area (Å²) >= 11 is 8.86. The van der Waals surface area contributed by atoms with Gasteiger partial charge in [0, 0.05) is 17.8 Å². The largest absolute Gasteiger partial charge is 0.399 e. The van der Waals surface area contributed by atoms with E-state index in [-0.39, 0.29) is 15.8 Å². The predicted octanol–water partition coefficient (Wildman–Crippen LogP) is 4.48. The molecule has 2 rings (SSSR count). The lowest BCUT2D eigenvalue weighted by atomic mass is 10.2. The van der Waals surface area contributed by atoms with E-state index >= 15 is 0 Å². The number of nitro benzene ring substituents is 1. The van der Waals surface area contributed by atoms with E-state index in [9.17, 15) is 14.5 Å². The topological polar surface area (TPSA) is 81.2 Å². The number of hydrogen-bond donors (Lipinski definition) is 2. The van der Waals surface area contributed by atoms with Crippen LogP contribution in [0.2, 0.25) is 5.02 Å². The number of nitrogens with two attached hydrogens (primary N) is 1. The average molecular weight is 361 g/mol. The number of nitrogens with zero attached hydrogens (tertiary/aromatic N) is 1. The molecule has 0 aliphatic carbocycles. The van der Waals surface area contributed by atoms with Crippen LogP contribution in [0.3, 0.4) is 0 Å². The molecule has 0 heterocycles. The first-order chi connectivity index (χ1) is 9.38. The number of anilines is 3. The van der Waals surface area contributed by atoms with Crippen molar-refractivity contribution in [2.45, 2.75) is 0 Å². The molecule has 0 bridgehead atoms. The monoisotopic (exact) mass is 359 g/mol. The Hall–Kier alpha value is -1.86. The Labute approximate surface area is 126 Å². The van der Waals surface area contributed by atoms with Crippen molar-refractivity contribution in [2.75, 3.05) is 11.1 Å². The van der Waals surface area contributed by atoms with Gasteiger partial charge >= 0.3 is 0 Å². The third-order valence-corrected chi connectivity index (χ3v) is 3.43. The molecule has 104 valence electrons. The lowest BCUT2D eigenvalue weighted by molar-refractivity contribution is -0.384. The van der Waals surface area contributed by atoms with Gasteiger partial charge in [0.25, 0.3) is 5.69 Å². The van der Waals surface area contributed by atoms with Crippen LogP contribution >= 0.6 is 27.5 Å². The first-order valence-corrected chi connectivity index (χ1v) is 6.51. The third-order valence-electron chi connectivity index (χ3n) is 2.50. The normalized spacial score (nSPS) is 10.3. The van der Waals surface area contributed by atoms with Crippen molar-refractivity contribution < 1.29 is 9.31 Å². The van der Waals surface area contributed by atoms with Gasteiger partial charge in [-0.25, -0.2) is 4.39 Å². The van der Waals surface area contributed by atoms with Crippen molar-refractivity contribution in [3.8, 4) is 0 Å². The molecule has 0 saturated heterocycles. The smallest absolute Gasteiger partial charge is 0.294 e. The third kappa shape index (κ3) is 3.00. The SMILES string of the molecule is Nc1ccc(Cl)c(Nc2cc(F)c(Br)cc2[N+](=O)[O-])c1. The number of nitro groups is 1. The summed E-state index contributed by atoms with van der Waals surface area (Å²) in [7, 11) is 0. The minimum Gasteiger partial charge on any atom is -0.399 e. The summed E-state index contributed by atoms with van der Waals surface area (Å²) < 4.78 is 13.5. The molecule has 2 aromatic rings. The van der Waals surface area contributed by atoms with Gasteiger partial charge in [0.05, 0.1) is 20.1 Å². The van der Waals surface area contributed by atoms with E-state index in [1.807, 2.05) is 0 Å². The first kappa shape index (κ1) is 14.5. The fourth-order valence-corrected chi connectivity index (χ4v) is 2.07. The number of halogens is 3. The van der Waals surface area contributed by atoms with Gasteiger partial charge in [-0.2, -0.15) is 0 Å². The molecule has 0 fully saturated rings. The zero-order valence-corrected chi connectivity index (χ0v) is 12.2. The van der Waals surface area contributed by atoms with Gasteiger partial charge in [0.15, 0.2) is 0 Å². The quantitative estimate of drug-likeness (QED) is 0.480. The maximum absolute atomic E-state index is 13.5. The first-order valence-electron chi connectivity index (χ1n) is 5.34. The van der Waals surface area contributed by atoms with Crippen LogP contribution in [0.4, 0.5) is 27.1 Å². The second-order valence-electron chi connectivity index (χ2n) is 3.90. The molecular formula is C12H8BrClFN3O2. The van der Waals surface area contributed by atoms with Gasteiger partial charge in [-0.3, -0.25) is 10.1 Å². The Kier molecular flexibility index (Phi) is 4.10. The van der Waals surface area contributed by atoms with Crippen LogP contribution in [-0.4, -0.2) is 4.92 Å². The Balaban J connectivity index is 2.50. The van der Waals surface area contributed by atoms with Crippen molar-refractivity contribution in [2.24, 2.45) is 0 Å². The van der Waals surface area contributed by atoms with Crippen LogP contribution in [0, 0.1) is 15.9 Å². The molecule has 5 nitrogen and oxygen atoms in total. The Morgan fingerprint density at radius 1 is 1.30 bits per heavy atom. The molecule has 0 unspecified atom stereocenters. The number of benzene rings is 2. The highest BCUT2D eigenvalue weighted by Gasteiger charge is 2.18. The second-order valence-corrected chi connectivity index (χ2v) is 5.17. The van der Waals surface area contributed by atoms with Gasteiger partial charge in [0.1, 0.15) is 11.5 Å². The predicted molar refractivity (Wildman–Crippen MR) is 79.9 cm³/mol. The summed E-state index contributed by atoms with van der Waals surface area (Å²) in [6, 6.07) is 6.73. The van der Waals surface area contributed by atoms with E-state index in [0.717, 1.165) is 12.1 Å². The minimum absolute atomic E-state index is 0.00780. The maximum Gasteiger partial charge on any atom is 0.294 e. The number of nitrogens with one attached hydrogen (secondary N) is 1. The van der Waals surface area contributed by atoms with Crippen LogP contribution in [-0.2, 0) is 0 Å². The van der Waals surface area contributed by atoms with Crippen molar-refractivity contribution in [1.29, 1.82) is 0 Å². The number of hydrogen-bond acceptors (Lipinski definition) is 4. The van der Waals surface area contributed by atoms with Crippen LogP contribution in [0.25, 0.3) is 0 Å². The lowest BCUT2D eigenvalue weighted by Gasteiger charge is -2.10. The van der Waals surface area contributed by atoms with Gasteiger partial charge in [-0.15, -0.1) is 0 Å². The Morgan fingerprint density at radius 2 is 2.00 bits per heavy atom. The van der Waals surface area contributed by atoms with E-state index < -0.39 is 10.7 Å². The van der Waals surface area contributed by atoms with E-state index in [4.69, 9.17) is 17.3 Å². The van der Waals surface area contributed by atoms with Gasteiger partial charge in [-0.05, 0) is 34.1 Å².